The van der Waals surface area contributed by atoms with Gasteiger partial charge in [0.1, 0.15) is 11.6 Å². The summed E-state index contributed by atoms with van der Waals surface area (Å²) in [6.45, 7) is 0.638. The topological polar surface area (TPSA) is 73.3 Å². The van der Waals surface area contributed by atoms with Crippen molar-refractivity contribution in [1.29, 1.82) is 5.41 Å². The molecule has 4 heteroatoms. The summed E-state index contributed by atoms with van der Waals surface area (Å²) in [4.78, 5) is 2.01. The van der Waals surface area contributed by atoms with Crippen molar-refractivity contribution in [3.8, 4) is 5.75 Å². The SMILES string of the molecule is CN(Cc1cccc(O)c1)c1ccccc1C(=N)N. The van der Waals surface area contributed by atoms with Gasteiger partial charge in [0.2, 0.25) is 0 Å². The Bertz CT molecular complexity index is 595. The quantitative estimate of drug-likeness (QED) is 0.580. The van der Waals surface area contributed by atoms with Gasteiger partial charge < -0.3 is 15.7 Å². The van der Waals surface area contributed by atoms with Crippen molar-refractivity contribution >= 4 is 11.5 Å². The van der Waals surface area contributed by atoms with Crippen LogP contribution in [-0.4, -0.2) is 18.0 Å². The van der Waals surface area contributed by atoms with Crippen LogP contribution in [0.2, 0.25) is 0 Å². The maximum Gasteiger partial charge on any atom is 0.124 e. The van der Waals surface area contributed by atoms with E-state index in [0.29, 0.717) is 12.1 Å². The molecular formula is C15H17N3O. The Morgan fingerprint density at radius 3 is 2.63 bits per heavy atom. The molecule has 0 unspecified atom stereocenters. The molecule has 4 N–H and O–H groups in total. The first-order valence-corrected chi connectivity index (χ1v) is 6.00. The third kappa shape index (κ3) is 3.04. The number of hydrogen-bond acceptors (Lipinski definition) is 3. The van der Waals surface area contributed by atoms with Crippen LogP contribution in [0.25, 0.3) is 0 Å². The second kappa shape index (κ2) is 5.44. The minimum atomic E-state index is 0.0540. The predicted octanol–water partition coefficient (Wildman–Crippen LogP) is 2.31. The zero-order valence-electron chi connectivity index (χ0n) is 10.8. The zero-order chi connectivity index (χ0) is 13.8. The van der Waals surface area contributed by atoms with Crippen LogP contribution in [0.15, 0.2) is 48.5 Å². The molecule has 19 heavy (non-hydrogen) atoms. The predicted molar refractivity (Wildman–Crippen MR) is 77.7 cm³/mol. The molecule has 0 aliphatic heterocycles. The Hall–Kier alpha value is -2.49. The highest BCUT2D eigenvalue weighted by Gasteiger charge is 2.09. The van der Waals surface area contributed by atoms with Gasteiger partial charge in [0.15, 0.2) is 0 Å². The molecule has 0 aromatic heterocycles. The van der Waals surface area contributed by atoms with Crippen molar-refractivity contribution in [2.45, 2.75) is 6.54 Å². The molecule has 0 heterocycles. The summed E-state index contributed by atoms with van der Waals surface area (Å²) in [5.41, 5.74) is 8.20. The molecule has 0 saturated carbocycles. The van der Waals surface area contributed by atoms with Gasteiger partial charge in [-0.05, 0) is 29.8 Å². The highest BCUT2D eigenvalue weighted by molar-refractivity contribution is 6.00. The maximum atomic E-state index is 9.47. The smallest absolute Gasteiger partial charge is 0.124 e. The fourth-order valence-electron chi connectivity index (χ4n) is 2.05. The van der Waals surface area contributed by atoms with Gasteiger partial charge in [-0.2, -0.15) is 0 Å². The zero-order valence-corrected chi connectivity index (χ0v) is 10.8. The number of rotatable bonds is 4. The molecule has 0 radical (unpaired) electrons. The van der Waals surface area contributed by atoms with Crippen LogP contribution in [-0.2, 0) is 6.54 Å². The van der Waals surface area contributed by atoms with E-state index in [1.165, 1.54) is 0 Å². The van der Waals surface area contributed by atoms with Gasteiger partial charge in [0, 0.05) is 24.8 Å². The lowest BCUT2D eigenvalue weighted by Gasteiger charge is -2.22. The number of nitrogen functional groups attached to an aromatic ring is 1. The number of nitrogens with one attached hydrogen (secondary N) is 1. The average Bonchev–Trinajstić information content (AvgIpc) is 2.38. The molecule has 0 fully saturated rings. The lowest BCUT2D eigenvalue weighted by atomic mass is 10.1. The Kier molecular flexibility index (Phi) is 3.71. The molecule has 0 amide bonds. The van der Waals surface area contributed by atoms with Crippen LogP contribution in [0.4, 0.5) is 5.69 Å². The van der Waals surface area contributed by atoms with Crippen molar-refractivity contribution in [2.24, 2.45) is 5.73 Å². The van der Waals surface area contributed by atoms with Crippen molar-refractivity contribution in [3.05, 3.63) is 59.7 Å². The summed E-state index contributed by atoms with van der Waals surface area (Å²) in [6, 6.07) is 14.7. The summed E-state index contributed by atoms with van der Waals surface area (Å²) in [7, 11) is 1.94. The molecule has 4 nitrogen and oxygen atoms in total. The Morgan fingerprint density at radius 2 is 1.95 bits per heavy atom. The fourth-order valence-corrected chi connectivity index (χ4v) is 2.05. The first-order valence-electron chi connectivity index (χ1n) is 6.00. The van der Waals surface area contributed by atoms with Gasteiger partial charge in [-0.3, -0.25) is 5.41 Å². The molecule has 0 spiro atoms. The number of benzene rings is 2. The molecule has 98 valence electrons. The van der Waals surface area contributed by atoms with Crippen molar-refractivity contribution in [2.75, 3.05) is 11.9 Å². The highest BCUT2D eigenvalue weighted by Crippen LogP contribution is 2.21. The van der Waals surface area contributed by atoms with E-state index in [4.69, 9.17) is 11.1 Å². The summed E-state index contributed by atoms with van der Waals surface area (Å²) >= 11 is 0. The van der Waals surface area contributed by atoms with E-state index in [-0.39, 0.29) is 11.6 Å². The first kappa shape index (κ1) is 13.0. The molecule has 0 saturated heterocycles. The van der Waals surface area contributed by atoms with E-state index in [1.807, 2.05) is 48.3 Å². The average molecular weight is 255 g/mol. The molecule has 2 aromatic carbocycles. The molecule has 0 bridgehead atoms. The van der Waals surface area contributed by atoms with Crippen molar-refractivity contribution in [1.82, 2.24) is 0 Å². The minimum absolute atomic E-state index is 0.0540. The van der Waals surface area contributed by atoms with Gasteiger partial charge in [-0.25, -0.2) is 0 Å². The third-order valence-electron chi connectivity index (χ3n) is 2.94. The van der Waals surface area contributed by atoms with Crippen LogP contribution in [0.1, 0.15) is 11.1 Å². The van der Waals surface area contributed by atoms with Gasteiger partial charge in [0.05, 0.1) is 0 Å². The molecule has 0 atom stereocenters. The highest BCUT2D eigenvalue weighted by atomic mass is 16.3. The van der Waals surface area contributed by atoms with E-state index in [2.05, 4.69) is 0 Å². The largest absolute Gasteiger partial charge is 0.508 e. The first-order chi connectivity index (χ1) is 9.08. The number of anilines is 1. The van der Waals surface area contributed by atoms with E-state index < -0.39 is 0 Å². The van der Waals surface area contributed by atoms with Gasteiger partial charge in [-0.1, -0.05) is 24.3 Å². The second-order valence-electron chi connectivity index (χ2n) is 4.46. The fraction of sp³-hybridized carbons (Fsp3) is 0.133. The standard InChI is InChI=1S/C15H17N3O/c1-18(10-11-5-4-6-12(19)9-11)14-8-3-2-7-13(14)15(16)17/h2-9,19H,10H2,1H3,(H3,16,17). The number of phenolic OH excluding ortho intramolecular Hbond substituents is 1. The monoisotopic (exact) mass is 255 g/mol. The second-order valence-corrected chi connectivity index (χ2v) is 4.46. The molecule has 0 aliphatic rings. The maximum absolute atomic E-state index is 9.47. The van der Waals surface area contributed by atoms with Crippen LogP contribution in [0.3, 0.4) is 0 Å². The number of para-hydroxylation sites is 1. The number of nitrogens with two attached hydrogens (primary N) is 1. The van der Waals surface area contributed by atoms with E-state index in [9.17, 15) is 5.11 Å². The van der Waals surface area contributed by atoms with Gasteiger partial charge >= 0.3 is 0 Å². The Labute approximate surface area is 112 Å². The normalized spacial score (nSPS) is 10.2. The van der Waals surface area contributed by atoms with Crippen LogP contribution < -0.4 is 10.6 Å². The van der Waals surface area contributed by atoms with Crippen LogP contribution in [0, 0.1) is 5.41 Å². The summed E-state index contributed by atoms with van der Waals surface area (Å²) in [5.74, 6) is 0.309. The van der Waals surface area contributed by atoms with Gasteiger partial charge in [0.25, 0.3) is 0 Å². The van der Waals surface area contributed by atoms with Gasteiger partial charge in [-0.15, -0.1) is 0 Å². The molecular weight excluding hydrogens is 238 g/mol. The van der Waals surface area contributed by atoms with E-state index >= 15 is 0 Å². The van der Waals surface area contributed by atoms with Crippen LogP contribution in [0.5, 0.6) is 5.75 Å². The third-order valence-corrected chi connectivity index (χ3v) is 2.94. The number of nitrogens with zero attached hydrogens (tertiary/aromatic N) is 1. The van der Waals surface area contributed by atoms with Crippen molar-refractivity contribution in [3.63, 3.8) is 0 Å². The lowest BCUT2D eigenvalue weighted by molar-refractivity contribution is 0.474. The van der Waals surface area contributed by atoms with E-state index in [1.54, 1.807) is 12.1 Å². The molecule has 2 aromatic rings. The number of hydrogen-bond donors (Lipinski definition) is 3. The number of phenols is 1. The summed E-state index contributed by atoms with van der Waals surface area (Å²) in [6.07, 6.45) is 0. The summed E-state index contributed by atoms with van der Waals surface area (Å²) < 4.78 is 0. The lowest BCUT2D eigenvalue weighted by Crippen LogP contribution is -2.21. The van der Waals surface area contributed by atoms with Crippen LogP contribution >= 0.6 is 0 Å². The molecule has 2 rings (SSSR count). The van der Waals surface area contributed by atoms with E-state index in [0.717, 1.165) is 11.3 Å². The Morgan fingerprint density at radius 1 is 1.21 bits per heavy atom. The summed E-state index contributed by atoms with van der Waals surface area (Å²) in [5, 5.41) is 17.1. The Balaban J connectivity index is 2.25. The minimum Gasteiger partial charge on any atom is -0.508 e. The number of amidine groups is 1. The number of aromatic hydroxyl groups is 1. The van der Waals surface area contributed by atoms with Crippen molar-refractivity contribution < 1.29 is 5.11 Å². The molecule has 0 aliphatic carbocycles.